The third kappa shape index (κ3) is 2.31. The minimum absolute atomic E-state index is 0.0614. The van der Waals surface area contributed by atoms with Crippen molar-refractivity contribution in [1.82, 2.24) is 0 Å². The summed E-state index contributed by atoms with van der Waals surface area (Å²) in [4.78, 5) is 10.8. The lowest BCUT2D eigenvalue weighted by molar-refractivity contribution is -0.116. The second-order valence-electron chi connectivity index (χ2n) is 2.72. The number of anilines is 1. The van der Waals surface area contributed by atoms with Crippen LogP contribution in [0.15, 0.2) is 22.7 Å². The highest BCUT2D eigenvalue weighted by molar-refractivity contribution is 9.11. The summed E-state index contributed by atoms with van der Waals surface area (Å²) in [6.45, 7) is 1.54. The number of alkyl halides is 1. The maximum atomic E-state index is 11.1. The van der Waals surface area contributed by atoms with Crippen molar-refractivity contribution in [3.8, 4) is 0 Å². The topological polar surface area (TPSA) is 43.1 Å². The van der Waals surface area contributed by atoms with Crippen LogP contribution < -0.4 is 5.73 Å². The quantitative estimate of drug-likeness (QED) is 0.674. The van der Waals surface area contributed by atoms with Gasteiger partial charge in [0.2, 0.25) is 0 Å². The average Bonchev–Trinajstić information content (AvgIpc) is 2.08. The van der Waals surface area contributed by atoms with Gasteiger partial charge in [-0.25, -0.2) is 0 Å². The number of nitrogens with two attached hydrogens (primary N) is 1. The molecule has 0 saturated heterocycles. The van der Waals surface area contributed by atoms with Crippen LogP contribution in [0.2, 0.25) is 0 Å². The van der Waals surface area contributed by atoms with Crippen LogP contribution in [-0.2, 0) is 4.79 Å². The van der Waals surface area contributed by atoms with Gasteiger partial charge in [-0.15, -0.1) is 0 Å². The van der Waals surface area contributed by atoms with Crippen LogP contribution in [0, 0.1) is 0 Å². The van der Waals surface area contributed by atoms with E-state index in [9.17, 15) is 4.79 Å². The van der Waals surface area contributed by atoms with Crippen molar-refractivity contribution < 1.29 is 4.79 Å². The first-order chi connectivity index (χ1) is 6.04. The summed E-state index contributed by atoms with van der Waals surface area (Å²) in [6.07, 6.45) is 0. The average molecular weight is 307 g/mol. The van der Waals surface area contributed by atoms with Gasteiger partial charge in [-0.05, 0) is 34.5 Å². The number of halogens is 2. The van der Waals surface area contributed by atoms with E-state index in [0.29, 0.717) is 5.69 Å². The lowest BCUT2D eigenvalue weighted by Gasteiger charge is -2.10. The normalized spacial score (nSPS) is 12.5. The Balaban J connectivity index is 3.15. The second-order valence-corrected chi connectivity index (χ2v) is 4.43. The SMILES string of the molecule is CC(=O)C(Br)c1cccc(N)c1Br. The van der Waals surface area contributed by atoms with E-state index < -0.39 is 0 Å². The highest BCUT2D eigenvalue weighted by atomic mass is 79.9. The van der Waals surface area contributed by atoms with Crippen molar-refractivity contribution in [2.45, 2.75) is 11.8 Å². The fourth-order valence-corrected chi connectivity index (χ4v) is 2.17. The first-order valence-corrected chi connectivity index (χ1v) is 5.43. The molecule has 0 spiro atoms. The molecule has 1 atom stereocenters. The van der Waals surface area contributed by atoms with Gasteiger partial charge in [-0.1, -0.05) is 28.1 Å². The van der Waals surface area contributed by atoms with Crippen LogP contribution >= 0.6 is 31.9 Å². The van der Waals surface area contributed by atoms with Crippen LogP contribution in [0.25, 0.3) is 0 Å². The van der Waals surface area contributed by atoms with Gasteiger partial charge < -0.3 is 5.73 Å². The first-order valence-electron chi connectivity index (χ1n) is 3.72. The molecule has 0 amide bonds. The number of nitrogen functional groups attached to an aromatic ring is 1. The summed E-state index contributed by atoms with van der Waals surface area (Å²) in [5.41, 5.74) is 7.19. The minimum Gasteiger partial charge on any atom is -0.398 e. The Bertz CT molecular complexity index is 338. The van der Waals surface area contributed by atoms with E-state index in [2.05, 4.69) is 31.9 Å². The van der Waals surface area contributed by atoms with Crippen molar-refractivity contribution in [3.05, 3.63) is 28.2 Å². The zero-order chi connectivity index (χ0) is 10.0. The Labute approximate surface area is 93.8 Å². The Morgan fingerprint density at radius 3 is 2.69 bits per heavy atom. The molecule has 1 aromatic carbocycles. The van der Waals surface area contributed by atoms with Gasteiger partial charge in [0.25, 0.3) is 0 Å². The van der Waals surface area contributed by atoms with E-state index >= 15 is 0 Å². The standard InChI is InChI=1S/C9H9Br2NO/c1-5(13)8(10)6-3-2-4-7(12)9(6)11/h2-4,8H,12H2,1H3. The Hall–Kier alpha value is -0.350. The number of hydrogen-bond donors (Lipinski definition) is 1. The number of carbonyl (C=O) groups is 1. The predicted molar refractivity (Wildman–Crippen MR) is 60.9 cm³/mol. The molecule has 0 bridgehead atoms. The molecule has 4 heteroatoms. The predicted octanol–water partition coefficient (Wildman–Crippen LogP) is 3.06. The van der Waals surface area contributed by atoms with Crippen LogP contribution in [0.5, 0.6) is 0 Å². The van der Waals surface area contributed by atoms with Crippen LogP contribution in [-0.4, -0.2) is 5.78 Å². The highest BCUT2D eigenvalue weighted by Gasteiger charge is 2.16. The molecule has 2 nitrogen and oxygen atoms in total. The molecule has 0 radical (unpaired) electrons. The molecule has 1 unspecified atom stereocenters. The number of benzene rings is 1. The van der Waals surface area contributed by atoms with E-state index in [-0.39, 0.29) is 10.6 Å². The molecule has 0 aliphatic carbocycles. The fraction of sp³-hybridized carbons (Fsp3) is 0.222. The molecule has 0 aromatic heterocycles. The summed E-state index contributed by atoms with van der Waals surface area (Å²) < 4.78 is 0.784. The molecular weight excluding hydrogens is 298 g/mol. The van der Waals surface area contributed by atoms with E-state index in [4.69, 9.17) is 5.73 Å². The Kier molecular flexibility index (Phi) is 3.50. The number of hydrogen-bond acceptors (Lipinski definition) is 2. The minimum atomic E-state index is -0.287. The lowest BCUT2D eigenvalue weighted by atomic mass is 10.1. The molecule has 0 aliphatic rings. The van der Waals surface area contributed by atoms with Gasteiger partial charge >= 0.3 is 0 Å². The maximum absolute atomic E-state index is 11.1. The van der Waals surface area contributed by atoms with Crippen molar-refractivity contribution in [2.24, 2.45) is 0 Å². The van der Waals surface area contributed by atoms with E-state index in [1.165, 1.54) is 6.92 Å². The zero-order valence-corrected chi connectivity index (χ0v) is 10.2. The number of ketones is 1. The molecule has 13 heavy (non-hydrogen) atoms. The van der Waals surface area contributed by atoms with Crippen LogP contribution in [0.1, 0.15) is 17.3 Å². The molecule has 0 heterocycles. The molecule has 0 fully saturated rings. The highest BCUT2D eigenvalue weighted by Crippen LogP contribution is 2.33. The van der Waals surface area contributed by atoms with Crippen LogP contribution in [0.3, 0.4) is 0 Å². The number of carbonyl (C=O) groups excluding carboxylic acids is 1. The van der Waals surface area contributed by atoms with Gasteiger partial charge in [-0.3, -0.25) is 4.79 Å². The number of rotatable bonds is 2. The van der Waals surface area contributed by atoms with Gasteiger partial charge in [0, 0.05) is 10.2 Å². The van der Waals surface area contributed by atoms with Gasteiger partial charge in [0.05, 0.1) is 4.83 Å². The van der Waals surface area contributed by atoms with Gasteiger partial charge in [0.1, 0.15) is 5.78 Å². The van der Waals surface area contributed by atoms with Crippen LogP contribution in [0.4, 0.5) is 5.69 Å². The maximum Gasteiger partial charge on any atom is 0.147 e. The lowest BCUT2D eigenvalue weighted by Crippen LogP contribution is -2.03. The molecular formula is C9H9Br2NO. The Morgan fingerprint density at radius 1 is 1.54 bits per heavy atom. The zero-order valence-electron chi connectivity index (χ0n) is 7.05. The summed E-state index contributed by atoms with van der Waals surface area (Å²) in [5, 5.41) is 0. The third-order valence-electron chi connectivity index (χ3n) is 1.69. The Morgan fingerprint density at radius 2 is 2.15 bits per heavy atom. The molecule has 0 aliphatic heterocycles. The first kappa shape index (κ1) is 10.7. The monoisotopic (exact) mass is 305 g/mol. The summed E-state index contributed by atoms with van der Waals surface area (Å²) in [5.74, 6) is 0.0614. The van der Waals surface area contributed by atoms with E-state index in [0.717, 1.165) is 10.0 Å². The molecule has 1 aromatic rings. The largest absolute Gasteiger partial charge is 0.398 e. The summed E-state index contributed by atoms with van der Waals surface area (Å²) >= 11 is 6.64. The third-order valence-corrected chi connectivity index (χ3v) is 3.74. The second kappa shape index (κ2) is 4.24. The molecule has 2 N–H and O–H groups in total. The van der Waals surface area contributed by atoms with Crippen molar-refractivity contribution in [1.29, 1.82) is 0 Å². The smallest absolute Gasteiger partial charge is 0.147 e. The van der Waals surface area contributed by atoms with E-state index in [1.807, 2.05) is 12.1 Å². The summed E-state index contributed by atoms with van der Waals surface area (Å²) in [7, 11) is 0. The number of Topliss-reactive ketones (excluding diaryl/α,β-unsaturated/α-hetero) is 1. The molecule has 1 rings (SSSR count). The van der Waals surface area contributed by atoms with Crippen molar-refractivity contribution in [3.63, 3.8) is 0 Å². The summed E-state index contributed by atoms with van der Waals surface area (Å²) in [6, 6.07) is 5.47. The fourth-order valence-electron chi connectivity index (χ4n) is 0.983. The van der Waals surface area contributed by atoms with Crippen molar-refractivity contribution >= 4 is 43.3 Å². The molecule has 0 saturated carbocycles. The van der Waals surface area contributed by atoms with Crippen molar-refractivity contribution in [2.75, 3.05) is 5.73 Å². The van der Waals surface area contributed by atoms with Gasteiger partial charge in [0.15, 0.2) is 0 Å². The van der Waals surface area contributed by atoms with Gasteiger partial charge in [-0.2, -0.15) is 0 Å². The molecule has 70 valence electrons. The van der Waals surface area contributed by atoms with E-state index in [1.54, 1.807) is 6.07 Å².